The number of carbonyl (C=O) groups is 2. The van der Waals surface area contributed by atoms with Crippen LogP contribution in [0.3, 0.4) is 0 Å². The van der Waals surface area contributed by atoms with E-state index in [1.165, 1.54) is 14.2 Å². The van der Waals surface area contributed by atoms with Crippen molar-refractivity contribution in [3.8, 4) is 11.5 Å². The van der Waals surface area contributed by atoms with Crippen LogP contribution in [0.1, 0.15) is 30.1 Å². The standard InChI is InChI=1S/C15H21NO5/c1-10(15(18)19)5-4-8-16-14(17)12-7-6-11(20-2)9-13(12)21-3/h6-7,9-10H,4-5,8H2,1-3H3,(H,16,17)(H,18,19). The smallest absolute Gasteiger partial charge is 0.306 e. The van der Waals surface area contributed by atoms with Crippen molar-refractivity contribution in [3.63, 3.8) is 0 Å². The molecule has 0 bridgehead atoms. The molecule has 0 aromatic heterocycles. The van der Waals surface area contributed by atoms with E-state index in [2.05, 4.69) is 5.32 Å². The second kappa shape index (κ2) is 8.14. The molecule has 0 saturated carbocycles. The van der Waals surface area contributed by atoms with Gasteiger partial charge in [0.05, 0.1) is 25.7 Å². The van der Waals surface area contributed by atoms with Crippen molar-refractivity contribution in [1.82, 2.24) is 5.32 Å². The zero-order chi connectivity index (χ0) is 15.8. The average Bonchev–Trinajstić information content (AvgIpc) is 2.50. The van der Waals surface area contributed by atoms with E-state index < -0.39 is 11.9 Å². The fourth-order valence-electron chi connectivity index (χ4n) is 1.81. The van der Waals surface area contributed by atoms with E-state index in [1.807, 2.05) is 0 Å². The van der Waals surface area contributed by atoms with Gasteiger partial charge in [0.2, 0.25) is 0 Å². The molecule has 6 heteroatoms. The molecule has 1 amide bonds. The summed E-state index contributed by atoms with van der Waals surface area (Å²) in [7, 11) is 3.03. The molecule has 0 saturated heterocycles. The summed E-state index contributed by atoms with van der Waals surface area (Å²) in [6.07, 6.45) is 1.13. The predicted octanol–water partition coefficient (Wildman–Crippen LogP) is 1.93. The van der Waals surface area contributed by atoms with Gasteiger partial charge in [0, 0.05) is 12.6 Å². The summed E-state index contributed by atoms with van der Waals surface area (Å²) < 4.78 is 10.2. The van der Waals surface area contributed by atoms with Crippen molar-refractivity contribution >= 4 is 11.9 Å². The molecule has 0 radical (unpaired) electrons. The van der Waals surface area contributed by atoms with Gasteiger partial charge in [-0.1, -0.05) is 6.92 Å². The lowest BCUT2D eigenvalue weighted by molar-refractivity contribution is -0.141. The fourth-order valence-corrected chi connectivity index (χ4v) is 1.81. The second-order valence-corrected chi connectivity index (χ2v) is 4.70. The van der Waals surface area contributed by atoms with E-state index in [4.69, 9.17) is 14.6 Å². The summed E-state index contributed by atoms with van der Waals surface area (Å²) in [5, 5.41) is 11.5. The Bertz CT molecular complexity index is 501. The molecule has 1 unspecified atom stereocenters. The highest BCUT2D eigenvalue weighted by atomic mass is 16.5. The summed E-state index contributed by atoms with van der Waals surface area (Å²) in [6, 6.07) is 4.96. The van der Waals surface area contributed by atoms with Gasteiger partial charge in [0.25, 0.3) is 5.91 Å². The summed E-state index contributed by atoms with van der Waals surface area (Å²) in [6.45, 7) is 2.07. The minimum absolute atomic E-state index is 0.252. The number of aliphatic carboxylic acids is 1. The molecule has 0 aliphatic carbocycles. The van der Waals surface area contributed by atoms with Crippen LogP contribution in [0.5, 0.6) is 11.5 Å². The van der Waals surface area contributed by atoms with Gasteiger partial charge in [-0.25, -0.2) is 0 Å². The predicted molar refractivity (Wildman–Crippen MR) is 77.9 cm³/mol. The summed E-state index contributed by atoms with van der Waals surface area (Å²) in [4.78, 5) is 22.7. The lowest BCUT2D eigenvalue weighted by Gasteiger charge is -2.11. The van der Waals surface area contributed by atoms with E-state index in [1.54, 1.807) is 25.1 Å². The molecule has 0 spiro atoms. The number of rotatable bonds is 8. The van der Waals surface area contributed by atoms with Crippen LogP contribution in [0, 0.1) is 5.92 Å². The Morgan fingerprint density at radius 3 is 2.57 bits per heavy atom. The van der Waals surface area contributed by atoms with Crippen LogP contribution in [-0.4, -0.2) is 37.7 Å². The molecule has 1 atom stereocenters. The molecule has 1 rings (SSSR count). The number of benzene rings is 1. The van der Waals surface area contributed by atoms with Crippen LogP contribution in [0.25, 0.3) is 0 Å². The number of hydrogen-bond acceptors (Lipinski definition) is 4. The maximum Gasteiger partial charge on any atom is 0.306 e. The molecule has 0 aliphatic heterocycles. The van der Waals surface area contributed by atoms with Crippen molar-refractivity contribution in [2.24, 2.45) is 5.92 Å². The number of hydrogen-bond donors (Lipinski definition) is 2. The highest BCUT2D eigenvalue weighted by Crippen LogP contribution is 2.24. The van der Waals surface area contributed by atoms with Crippen molar-refractivity contribution in [2.75, 3.05) is 20.8 Å². The number of methoxy groups -OCH3 is 2. The summed E-state index contributed by atoms with van der Waals surface area (Å²) >= 11 is 0. The second-order valence-electron chi connectivity index (χ2n) is 4.70. The van der Waals surface area contributed by atoms with E-state index in [0.717, 1.165) is 0 Å². The fraction of sp³-hybridized carbons (Fsp3) is 0.467. The summed E-state index contributed by atoms with van der Waals surface area (Å²) in [5.74, 6) is -0.433. The zero-order valence-electron chi connectivity index (χ0n) is 12.5. The molecule has 6 nitrogen and oxygen atoms in total. The summed E-state index contributed by atoms with van der Waals surface area (Å²) in [5.41, 5.74) is 0.421. The topological polar surface area (TPSA) is 84.9 Å². The Morgan fingerprint density at radius 2 is 2.00 bits per heavy atom. The SMILES string of the molecule is COc1ccc(C(=O)NCCCC(C)C(=O)O)c(OC)c1. The van der Waals surface area contributed by atoms with Gasteiger partial charge in [0.15, 0.2) is 0 Å². The minimum Gasteiger partial charge on any atom is -0.497 e. The lowest BCUT2D eigenvalue weighted by atomic mass is 10.1. The van der Waals surface area contributed by atoms with Crippen LogP contribution in [0.2, 0.25) is 0 Å². The van der Waals surface area contributed by atoms with E-state index in [-0.39, 0.29) is 5.91 Å². The number of carboxylic acid groups (broad SMARTS) is 1. The third-order valence-electron chi connectivity index (χ3n) is 3.17. The van der Waals surface area contributed by atoms with Gasteiger partial charge < -0.3 is 19.9 Å². The van der Waals surface area contributed by atoms with Crippen molar-refractivity contribution in [1.29, 1.82) is 0 Å². The molecule has 0 heterocycles. The normalized spacial score (nSPS) is 11.6. The van der Waals surface area contributed by atoms with Gasteiger partial charge >= 0.3 is 5.97 Å². The number of ether oxygens (including phenoxy) is 2. The number of nitrogens with one attached hydrogen (secondary N) is 1. The van der Waals surface area contributed by atoms with Crippen LogP contribution in [0.4, 0.5) is 0 Å². The Morgan fingerprint density at radius 1 is 1.29 bits per heavy atom. The highest BCUT2D eigenvalue weighted by Gasteiger charge is 2.14. The molecular weight excluding hydrogens is 274 g/mol. The van der Waals surface area contributed by atoms with Gasteiger partial charge in [-0.2, -0.15) is 0 Å². The molecule has 116 valence electrons. The first-order chi connectivity index (χ1) is 9.99. The van der Waals surface area contributed by atoms with Crippen LogP contribution in [-0.2, 0) is 4.79 Å². The van der Waals surface area contributed by atoms with E-state index in [0.29, 0.717) is 36.4 Å². The maximum atomic E-state index is 12.1. The van der Waals surface area contributed by atoms with Crippen LogP contribution in [0.15, 0.2) is 18.2 Å². The molecule has 0 aliphatic rings. The van der Waals surface area contributed by atoms with Crippen molar-refractivity contribution in [2.45, 2.75) is 19.8 Å². The van der Waals surface area contributed by atoms with Crippen molar-refractivity contribution in [3.05, 3.63) is 23.8 Å². The highest BCUT2D eigenvalue weighted by molar-refractivity contribution is 5.97. The van der Waals surface area contributed by atoms with Gasteiger partial charge in [-0.05, 0) is 25.0 Å². The van der Waals surface area contributed by atoms with E-state index in [9.17, 15) is 9.59 Å². The molecule has 0 fully saturated rings. The van der Waals surface area contributed by atoms with Gasteiger partial charge in [-0.3, -0.25) is 9.59 Å². The Kier molecular flexibility index (Phi) is 6.52. The Hall–Kier alpha value is -2.24. The largest absolute Gasteiger partial charge is 0.497 e. The average molecular weight is 295 g/mol. The quantitative estimate of drug-likeness (QED) is 0.716. The van der Waals surface area contributed by atoms with E-state index >= 15 is 0 Å². The Labute approximate surface area is 124 Å². The minimum atomic E-state index is -0.821. The first-order valence-corrected chi connectivity index (χ1v) is 6.72. The first-order valence-electron chi connectivity index (χ1n) is 6.72. The molecule has 21 heavy (non-hydrogen) atoms. The third kappa shape index (κ3) is 4.98. The molecule has 2 N–H and O–H groups in total. The molecule has 1 aromatic carbocycles. The van der Waals surface area contributed by atoms with Crippen LogP contribution >= 0.6 is 0 Å². The lowest BCUT2D eigenvalue weighted by Crippen LogP contribution is -2.25. The molecule has 1 aromatic rings. The third-order valence-corrected chi connectivity index (χ3v) is 3.17. The Balaban J connectivity index is 2.54. The zero-order valence-corrected chi connectivity index (χ0v) is 12.5. The van der Waals surface area contributed by atoms with Gasteiger partial charge in [0.1, 0.15) is 11.5 Å². The van der Waals surface area contributed by atoms with Crippen molar-refractivity contribution < 1.29 is 24.2 Å². The number of amides is 1. The van der Waals surface area contributed by atoms with Crippen LogP contribution < -0.4 is 14.8 Å². The number of carbonyl (C=O) groups excluding carboxylic acids is 1. The monoisotopic (exact) mass is 295 g/mol. The first kappa shape index (κ1) is 16.8. The number of carboxylic acids is 1. The molecular formula is C15H21NO5. The van der Waals surface area contributed by atoms with Gasteiger partial charge in [-0.15, -0.1) is 0 Å². The maximum absolute atomic E-state index is 12.1.